The summed E-state index contributed by atoms with van der Waals surface area (Å²) in [4.78, 5) is 0. The predicted octanol–water partition coefficient (Wildman–Crippen LogP) is 6.17. The van der Waals surface area contributed by atoms with Crippen LogP contribution in [0.2, 0.25) is 0 Å². The zero-order chi connectivity index (χ0) is 16.4. The summed E-state index contributed by atoms with van der Waals surface area (Å²) in [5.74, 6) is 0.911. The van der Waals surface area contributed by atoms with Gasteiger partial charge < -0.3 is 4.74 Å². The van der Waals surface area contributed by atoms with Crippen LogP contribution in [0.4, 0.5) is 0 Å². The molecule has 1 nitrogen and oxygen atoms in total. The minimum absolute atomic E-state index is 0.911. The van der Waals surface area contributed by atoms with Crippen LogP contribution in [0.25, 0.3) is 33.7 Å². The molecular formula is C23H18O. The van der Waals surface area contributed by atoms with Crippen LogP contribution in [0.3, 0.4) is 0 Å². The number of rotatable bonds is 3. The van der Waals surface area contributed by atoms with E-state index in [0.29, 0.717) is 0 Å². The Morgan fingerprint density at radius 3 is 2.25 bits per heavy atom. The summed E-state index contributed by atoms with van der Waals surface area (Å²) in [6.07, 6.45) is 4.34. The van der Waals surface area contributed by atoms with Gasteiger partial charge in [-0.1, -0.05) is 78.9 Å². The molecule has 0 heterocycles. The number of ether oxygens (including phenoxy) is 1. The van der Waals surface area contributed by atoms with Crippen LogP contribution in [-0.4, -0.2) is 7.11 Å². The fourth-order valence-corrected chi connectivity index (χ4v) is 3.12. The molecule has 116 valence electrons. The van der Waals surface area contributed by atoms with Crippen molar-refractivity contribution < 1.29 is 4.74 Å². The lowest BCUT2D eigenvalue weighted by Gasteiger charge is -2.08. The highest BCUT2D eigenvalue weighted by Crippen LogP contribution is 2.29. The van der Waals surface area contributed by atoms with Gasteiger partial charge in [0.1, 0.15) is 5.75 Å². The summed E-state index contributed by atoms with van der Waals surface area (Å²) < 4.78 is 5.47. The Kier molecular flexibility index (Phi) is 3.76. The maximum absolute atomic E-state index is 5.47. The first-order chi connectivity index (χ1) is 11.8. The summed E-state index contributed by atoms with van der Waals surface area (Å²) in [6, 6.07) is 27.5. The van der Waals surface area contributed by atoms with Crippen molar-refractivity contribution in [3.05, 3.63) is 90.0 Å². The number of fused-ring (bicyclic) bond motifs is 2. The molecule has 0 saturated carbocycles. The second-order valence-corrected chi connectivity index (χ2v) is 5.84. The number of methoxy groups -OCH3 is 1. The SMILES string of the molecule is COc1ccc(/C=C/c2ccc3ccccc3c2)c2ccccc12. The van der Waals surface area contributed by atoms with E-state index in [4.69, 9.17) is 4.74 Å². The fraction of sp³-hybridized carbons (Fsp3) is 0.0435. The lowest BCUT2D eigenvalue weighted by atomic mass is 10.0. The van der Waals surface area contributed by atoms with E-state index in [9.17, 15) is 0 Å². The Balaban J connectivity index is 1.76. The standard InChI is InChI=1S/C23H18O/c1-24-23-15-14-19(21-8-4-5-9-22(21)23)13-11-17-10-12-18-6-2-3-7-20(18)16-17/h2-16H,1H3/b13-11+. The van der Waals surface area contributed by atoms with Crippen LogP contribution < -0.4 is 4.74 Å². The molecule has 0 aliphatic rings. The van der Waals surface area contributed by atoms with E-state index in [-0.39, 0.29) is 0 Å². The van der Waals surface area contributed by atoms with Crippen molar-refractivity contribution in [1.82, 2.24) is 0 Å². The van der Waals surface area contributed by atoms with Gasteiger partial charge in [0.15, 0.2) is 0 Å². The van der Waals surface area contributed by atoms with Gasteiger partial charge in [-0.2, -0.15) is 0 Å². The zero-order valence-electron chi connectivity index (χ0n) is 13.6. The van der Waals surface area contributed by atoms with Crippen LogP contribution in [0, 0.1) is 0 Å². The molecule has 1 heteroatoms. The van der Waals surface area contributed by atoms with Crippen LogP contribution in [0.15, 0.2) is 78.9 Å². The van der Waals surface area contributed by atoms with Crippen molar-refractivity contribution in [3.8, 4) is 5.75 Å². The first kappa shape index (κ1) is 14.5. The lowest BCUT2D eigenvalue weighted by Crippen LogP contribution is -1.86. The smallest absolute Gasteiger partial charge is 0.126 e. The second kappa shape index (κ2) is 6.21. The monoisotopic (exact) mass is 310 g/mol. The molecular weight excluding hydrogens is 292 g/mol. The molecule has 0 fully saturated rings. The molecule has 0 aliphatic heterocycles. The van der Waals surface area contributed by atoms with E-state index in [2.05, 4.69) is 78.9 Å². The van der Waals surface area contributed by atoms with Crippen molar-refractivity contribution in [2.75, 3.05) is 7.11 Å². The van der Waals surface area contributed by atoms with E-state index in [0.717, 1.165) is 11.1 Å². The fourth-order valence-electron chi connectivity index (χ4n) is 3.12. The Labute approximate surface area is 141 Å². The van der Waals surface area contributed by atoms with Crippen molar-refractivity contribution in [1.29, 1.82) is 0 Å². The molecule has 24 heavy (non-hydrogen) atoms. The largest absolute Gasteiger partial charge is 0.496 e. The number of hydrogen-bond acceptors (Lipinski definition) is 1. The highest BCUT2D eigenvalue weighted by molar-refractivity contribution is 5.97. The molecule has 4 aromatic carbocycles. The average Bonchev–Trinajstić information content (AvgIpc) is 2.66. The van der Waals surface area contributed by atoms with E-state index < -0.39 is 0 Å². The van der Waals surface area contributed by atoms with Gasteiger partial charge in [-0.3, -0.25) is 0 Å². The molecule has 0 spiro atoms. The highest BCUT2D eigenvalue weighted by atomic mass is 16.5. The molecule has 0 bridgehead atoms. The van der Waals surface area contributed by atoms with Crippen LogP contribution in [0.5, 0.6) is 5.75 Å². The minimum Gasteiger partial charge on any atom is -0.496 e. The molecule has 4 aromatic rings. The van der Waals surface area contributed by atoms with Gasteiger partial charge in [-0.15, -0.1) is 0 Å². The molecule has 0 aromatic heterocycles. The van der Waals surface area contributed by atoms with Crippen molar-refractivity contribution in [2.24, 2.45) is 0 Å². The van der Waals surface area contributed by atoms with Gasteiger partial charge in [0.05, 0.1) is 7.11 Å². The van der Waals surface area contributed by atoms with Crippen molar-refractivity contribution in [2.45, 2.75) is 0 Å². The summed E-state index contributed by atoms with van der Waals surface area (Å²) in [7, 11) is 1.71. The van der Waals surface area contributed by atoms with Crippen LogP contribution >= 0.6 is 0 Å². The zero-order valence-corrected chi connectivity index (χ0v) is 13.6. The van der Waals surface area contributed by atoms with Crippen LogP contribution in [0.1, 0.15) is 11.1 Å². The Morgan fingerprint density at radius 2 is 1.42 bits per heavy atom. The topological polar surface area (TPSA) is 9.23 Å². The Bertz CT molecular complexity index is 1040. The van der Waals surface area contributed by atoms with Gasteiger partial charge in [0.25, 0.3) is 0 Å². The third-order valence-electron chi connectivity index (χ3n) is 4.37. The average molecular weight is 310 g/mol. The lowest BCUT2D eigenvalue weighted by molar-refractivity contribution is 0.420. The third-order valence-corrected chi connectivity index (χ3v) is 4.37. The van der Waals surface area contributed by atoms with Crippen LogP contribution in [-0.2, 0) is 0 Å². The van der Waals surface area contributed by atoms with Gasteiger partial charge in [0, 0.05) is 5.39 Å². The van der Waals surface area contributed by atoms with E-state index in [1.807, 2.05) is 12.1 Å². The molecule has 0 atom stereocenters. The Morgan fingerprint density at radius 1 is 0.667 bits per heavy atom. The van der Waals surface area contributed by atoms with Gasteiger partial charge >= 0.3 is 0 Å². The van der Waals surface area contributed by atoms with Gasteiger partial charge in [-0.25, -0.2) is 0 Å². The third kappa shape index (κ3) is 2.65. The maximum atomic E-state index is 5.47. The van der Waals surface area contributed by atoms with Crippen molar-refractivity contribution >= 4 is 33.7 Å². The Hall–Kier alpha value is -3.06. The quantitative estimate of drug-likeness (QED) is 0.411. The molecule has 4 rings (SSSR count). The normalized spacial score (nSPS) is 11.4. The van der Waals surface area contributed by atoms with E-state index in [1.165, 1.54) is 27.3 Å². The molecule has 0 saturated heterocycles. The highest BCUT2D eigenvalue weighted by Gasteiger charge is 2.03. The second-order valence-electron chi connectivity index (χ2n) is 5.84. The predicted molar refractivity (Wildman–Crippen MR) is 103 cm³/mol. The van der Waals surface area contributed by atoms with E-state index in [1.54, 1.807) is 7.11 Å². The molecule has 0 N–H and O–H groups in total. The maximum Gasteiger partial charge on any atom is 0.126 e. The number of hydrogen-bond donors (Lipinski definition) is 0. The first-order valence-corrected chi connectivity index (χ1v) is 8.08. The summed E-state index contributed by atoms with van der Waals surface area (Å²) in [5, 5.41) is 4.87. The summed E-state index contributed by atoms with van der Waals surface area (Å²) >= 11 is 0. The number of benzene rings is 4. The molecule has 0 radical (unpaired) electrons. The van der Waals surface area contributed by atoms with E-state index >= 15 is 0 Å². The first-order valence-electron chi connectivity index (χ1n) is 8.08. The molecule has 0 aliphatic carbocycles. The van der Waals surface area contributed by atoms with Crippen molar-refractivity contribution in [3.63, 3.8) is 0 Å². The minimum atomic E-state index is 0.911. The molecule has 0 unspecified atom stereocenters. The summed E-state index contributed by atoms with van der Waals surface area (Å²) in [5.41, 5.74) is 2.40. The molecule has 0 amide bonds. The van der Waals surface area contributed by atoms with Gasteiger partial charge in [0.2, 0.25) is 0 Å². The summed E-state index contributed by atoms with van der Waals surface area (Å²) in [6.45, 7) is 0. The van der Waals surface area contributed by atoms with Gasteiger partial charge in [-0.05, 0) is 39.4 Å².